The van der Waals surface area contributed by atoms with Crippen LogP contribution in [0.4, 0.5) is 0 Å². The van der Waals surface area contributed by atoms with Crippen LogP contribution in [0.2, 0.25) is 0 Å². The largest absolute Gasteiger partial charge is 0.472 e. The van der Waals surface area contributed by atoms with E-state index < -0.39 is 26.5 Å². The van der Waals surface area contributed by atoms with Crippen molar-refractivity contribution in [3.05, 3.63) is 48.6 Å². The van der Waals surface area contributed by atoms with Gasteiger partial charge in [0.2, 0.25) is 0 Å². The summed E-state index contributed by atoms with van der Waals surface area (Å²) in [4.78, 5) is 35.3. The van der Waals surface area contributed by atoms with E-state index in [-0.39, 0.29) is 32.0 Å². The second-order valence-corrected chi connectivity index (χ2v) is 16.5. The Kier molecular flexibility index (Phi) is 34.3. The molecule has 0 saturated carbocycles. The maximum absolute atomic E-state index is 12.6. The minimum atomic E-state index is -4.38. The molecule has 0 heterocycles. The van der Waals surface area contributed by atoms with E-state index in [1.165, 1.54) is 64.2 Å². The molecule has 308 valence electrons. The average Bonchev–Trinajstić information content (AvgIpc) is 3.10. The van der Waals surface area contributed by atoms with Gasteiger partial charge in [-0.05, 0) is 51.4 Å². The predicted molar refractivity (Wildman–Crippen MR) is 220 cm³/mol. The Labute approximate surface area is 324 Å². The Morgan fingerprint density at radius 1 is 0.585 bits per heavy atom. The smallest absolute Gasteiger partial charge is 0.462 e. The molecule has 0 aliphatic rings. The van der Waals surface area contributed by atoms with Crippen molar-refractivity contribution in [2.75, 3.05) is 47.5 Å². The van der Waals surface area contributed by atoms with Gasteiger partial charge in [0.25, 0.3) is 0 Å². The Balaban J connectivity index is 4.46. The molecule has 53 heavy (non-hydrogen) atoms. The molecule has 0 aliphatic carbocycles. The van der Waals surface area contributed by atoms with Gasteiger partial charge in [0.1, 0.15) is 19.8 Å². The molecule has 2 atom stereocenters. The highest BCUT2D eigenvalue weighted by molar-refractivity contribution is 7.47. The fraction of sp³-hybridized carbons (Fsp3) is 0.767. The molecule has 0 saturated heterocycles. The molecule has 9 nitrogen and oxygen atoms in total. The van der Waals surface area contributed by atoms with E-state index >= 15 is 0 Å². The summed E-state index contributed by atoms with van der Waals surface area (Å²) in [6, 6.07) is 0. The van der Waals surface area contributed by atoms with Crippen LogP contribution in [0.25, 0.3) is 0 Å². The van der Waals surface area contributed by atoms with Crippen molar-refractivity contribution in [3.8, 4) is 0 Å². The van der Waals surface area contributed by atoms with Crippen molar-refractivity contribution in [1.29, 1.82) is 0 Å². The molecule has 1 N–H and O–H groups in total. The summed E-state index contributed by atoms with van der Waals surface area (Å²) < 4.78 is 34.2. The Bertz CT molecular complexity index is 1050. The monoisotopic (exact) mass is 769 g/mol. The van der Waals surface area contributed by atoms with E-state index in [2.05, 4.69) is 62.5 Å². The van der Waals surface area contributed by atoms with E-state index in [4.69, 9.17) is 18.5 Å². The molecule has 10 heteroatoms. The number of nitrogens with zero attached hydrogens (tertiary/aromatic N) is 1. The first-order valence-corrected chi connectivity index (χ1v) is 22.4. The Hall–Kier alpha value is -2.03. The summed E-state index contributed by atoms with van der Waals surface area (Å²) in [6.07, 6.45) is 40.1. The molecule has 0 amide bonds. The molecule has 0 aliphatic heterocycles. The normalized spacial score (nSPS) is 14.2. The van der Waals surface area contributed by atoms with Crippen molar-refractivity contribution in [3.63, 3.8) is 0 Å². The van der Waals surface area contributed by atoms with Gasteiger partial charge >= 0.3 is 19.8 Å². The van der Waals surface area contributed by atoms with Crippen LogP contribution in [-0.2, 0) is 32.7 Å². The molecule has 0 spiro atoms. The van der Waals surface area contributed by atoms with Gasteiger partial charge in [0, 0.05) is 12.8 Å². The lowest BCUT2D eigenvalue weighted by atomic mass is 10.0. The number of quaternary nitrogens is 1. The summed E-state index contributed by atoms with van der Waals surface area (Å²) >= 11 is 0. The van der Waals surface area contributed by atoms with Crippen molar-refractivity contribution in [2.45, 2.75) is 168 Å². The third-order valence-corrected chi connectivity index (χ3v) is 9.58. The molecule has 0 fully saturated rings. The highest BCUT2D eigenvalue weighted by Gasteiger charge is 2.27. The maximum Gasteiger partial charge on any atom is 0.472 e. The topological polar surface area (TPSA) is 108 Å². The minimum Gasteiger partial charge on any atom is -0.462 e. The van der Waals surface area contributed by atoms with Crippen LogP contribution in [0, 0.1) is 0 Å². The molecule has 0 rings (SSSR count). The third kappa shape index (κ3) is 39.5. The van der Waals surface area contributed by atoms with Crippen molar-refractivity contribution in [1.82, 2.24) is 0 Å². The standard InChI is InChI=1S/C43H78NO8P/c1-6-8-10-12-14-16-18-20-21-22-23-24-26-28-30-32-34-36-43(46)52-41(40-51-53(47,48)50-38-37-44(3,4)5)39-49-42(45)35-33-31-29-27-25-19-17-15-13-11-9-7-2/h10,12,16,18,21-22,24,26,41H,6-9,11,13-15,17,19-20,23,25,27-40H2,1-5H3/p+1/b12-10+,18-16+,22-21+,26-24+/t41-/m1/s1. The van der Waals surface area contributed by atoms with E-state index in [0.29, 0.717) is 17.4 Å². The highest BCUT2D eigenvalue weighted by Crippen LogP contribution is 2.43. The summed E-state index contributed by atoms with van der Waals surface area (Å²) in [5, 5.41) is 0. The van der Waals surface area contributed by atoms with Gasteiger partial charge in [-0.3, -0.25) is 18.6 Å². The van der Waals surface area contributed by atoms with E-state index in [0.717, 1.165) is 64.2 Å². The quantitative estimate of drug-likeness (QED) is 0.0219. The van der Waals surface area contributed by atoms with Crippen molar-refractivity contribution < 1.29 is 42.1 Å². The van der Waals surface area contributed by atoms with E-state index in [9.17, 15) is 19.0 Å². The van der Waals surface area contributed by atoms with E-state index in [1.54, 1.807) is 0 Å². The number of unbranched alkanes of at least 4 members (excludes halogenated alkanes) is 15. The fourth-order valence-electron chi connectivity index (χ4n) is 5.30. The maximum atomic E-state index is 12.6. The van der Waals surface area contributed by atoms with Gasteiger partial charge in [-0.15, -0.1) is 0 Å². The highest BCUT2D eigenvalue weighted by atomic mass is 31.2. The first kappa shape index (κ1) is 51.0. The lowest BCUT2D eigenvalue weighted by molar-refractivity contribution is -0.870. The van der Waals surface area contributed by atoms with Gasteiger partial charge in [-0.1, -0.05) is 146 Å². The number of ether oxygens (including phenoxy) is 2. The van der Waals surface area contributed by atoms with Crippen molar-refractivity contribution in [2.24, 2.45) is 0 Å². The first-order chi connectivity index (χ1) is 25.5. The third-order valence-electron chi connectivity index (χ3n) is 8.59. The molecule has 0 aromatic heterocycles. The summed E-state index contributed by atoms with van der Waals surface area (Å²) in [5.41, 5.74) is 0. The summed E-state index contributed by atoms with van der Waals surface area (Å²) in [6.45, 7) is 4.30. The lowest BCUT2D eigenvalue weighted by Gasteiger charge is -2.24. The Morgan fingerprint density at radius 3 is 1.58 bits per heavy atom. The summed E-state index contributed by atoms with van der Waals surface area (Å²) in [7, 11) is 1.45. The number of hydrogen-bond donors (Lipinski definition) is 1. The zero-order valence-electron chi connectivity index (χ0n) is 34.5. The number of carbonyl (C=O) groups excluding carboxylic acids is 2. The zero-order chi connectivity index (χ0) is 39.3. The van der Waals surface area contributed by atoms with E-state index in [1.807, 2.05) is 21.1 Å². The van der Waals surface area contributed by atoms with Crippen LogP contribution in [0.1, 0.15) is 162 Å². The lowest BCUT2D eigenvalue weighted by Crippen LogP contribution is -2.37. The predicted octanol–water partition coefficient (Wildman–Crippen LogP) is 11.5. The number of phosphoric acid groups is 1. The molecule has 0 radical (unpaired) electrons. The van der Waals surface area contributed by atoms with Gasteiger partial charge in [-0.25, -0.2) is 4.57 Å². The summed E-state index contributed by atoms with van der Waals surface area (Å²) in [5.74, 6) is -0.836. The van der Waals surface area contributed by atoms with Gasteiger partial charge < -0.3 is 18.9 Å². The molecule has 0 bridgehead atoms. The number of rotatable bonds is 37. The molecular formula is C43H79NO8P+. The number of allylic oxidation sites excluding steroid dienone is 8. The fourth-order valence-corrected chi connectivity index (χ4v) is 6.04. The number of phosphoric ester groups is 1. The van der Waals surface area contributed by atoms with Crippen LogP contribution in [0.3, 0.4) is 0 Å². The van der Waals surface area contributed by atoms with Crippen LogP contribution in [0.5, 0.6) is 0 Å². The van der Waals surface area contributed by atoms with Crippen LogP contribution < -0.4 is 0 Å². The SMILES string of the molecule is CCC/C=C/C/C=C/C/C=C/C/C=C/CCCCCC(=O)O[C@H](COC(=O)CCCCCCCCCCCCCC)COP(=O)(O)OCC[N+](C)(C)C. The molecule has 0 aromatic rings. The second kappa shape index (κ2) is 35.7. The van der Waals surface area contributed by atoms with Gasteiger partial charge in [0.05, 0.1) is 27.7 Å². The minimum absolute atomic E-state index is 0.0245. The van der Waals surface area contributed by atoms with Gasteiger partial charge in [-0.2, -0.15) is 0 Å². The number of likely N-dealkylation sites (N-methyl/N-ethyl adjacent to an activating group) is 1. The van der Waals surface area contributed by atoms with Crippen LogP contribution in [-0.4, -0.2) is 74.9 Å². The number of esters is 2. The Morgan fingerprint density at radius 2 is 1.06 bits per heavy atom. The second-order valence-electron chi connectivity index (χ2n) is 15.0. The molecular weight excluding hydrogens is 689 g/mol. The van der Waals surface area contributed by atoms with Gasteiger partial charge in [0.15, 0.2) is 6.10 Å². The molecule has 1 unspecified atom stereocenters. The zero-order valence-corrected chi connectivity index (χ0v) is 35.4. The van der Waals surface area contributed by atoms with Crippen LogP contribution in [0.15, 0.2) is 48.6 Å². The number of carbonyl (C=O) groups is 2. The average molecular weight is 769 g/mol. The number of hydrogen-bond acceptors (Lipinski definition) is 7. The molecule has 0 aromatic carbocycles. The van der Waals surface area contributed by atoms with Crippen molar-refractivity contribution >= 4 is 19.8 Å². The van der Waals surface area contributed by atoms with Crippen LogP contribution >= 0.6 is 7.82 Å². The first-order valence-electron chi connectivity index (χ1n) is 20.9.